The lowest BCUT2D eigenvalue weighted by molar-refractivity contribution is -0.145. The third-order valence-corrected chi connectivity index (χ3v) is 1.83. The number of rotatable bonds is 1. The molecule has 86 valence electrons. The second-order valence-corrected chi connectivity index (χ2v) is 4.30. The van der Waals surface area contributed by atoms with Crippen LogP contribution in [-0.4, -0.2) is 26.2 Å². The predicted molar refractivity (Wildman–Crippen MR) is 60.2 cm³/mol. The van der Waals surface area contributed by atoms with Crippen LogP contribution < -0.4 is 5.32 Å². The van der Waals surface area contributed by atoms with Gasteiger partial charge in [0.25, 0.3) is 0 Å². The summed E-state index contributed by atoms with van der Waals surface area (Å²) in [6, 6.07) is 0. The van der Waals surface area contributed by atoms with Gasteiger partial charge in [0.2, 0.25) is 0 Å². The van der Waals surface area contributed by atoms with Crippen LogP contribution in [0.2, 0.25) is 0 Å². The number of nitrogens with one attached hydrogen (secondary N) is 1. The number of piperidine rings is 1. The number of carbonyl (C=O) groups is 1. The average Bonchev–Trinajstić information content (AvgIpc) is 2.17. The molecule has 0 bridgehead atoms. The monoisotopic (exact) mass is 203 g/mol. The van der Waals surface area contributed by atoms with Gasteiger partial charge in [-0.25, -0.2) is 0 Å². The Labute approximate surface area is 88.7 Å². The number of hydrogen-bond donors (Lipinski definition) is 1. The molecule has 1 fully saturated rings. The van der Waals surface area contributed by atoms with Crippen LogP contribution in [-0.2, 0) is 9.53 Å². The zero-order valence-corrected chi connectivity index (χ0v) is 9.80. The fourth-order valence-electron chi connectivity index (χ4n) is 1.22. The fourth-order valence-corrected chi connectivity index (χ4v) is 1.22. The van der Waals surface area contributed by atoms with Crippen molar-refractivity contribution < 1.29 is 11.0 Å². The summed E-state index contributed by atoms with van der Waals surface area (Å²) in [4.78, 5) is 10.9. The summed E-state index contributed by atoms with van der Waals surface area (Å²) < 4.78 is 4.61. The highest BCUT2D eigenvalue weighted by atomic mass is 16.5. The van der Waals surface area contributed by atoms with E-state index < -0.39 is 0 Å². The number of carbonyl (C=O) groups excluding carboxylic acids is 1. The van der Waals surface area contributed by atoms with Gasteiger partial charge < -0.3 is 10.1 Å². The molecule has 1 heterocycles. The molecule has 0 spiro atoms. The molecule has 0 saturated carbocycles. The lowest BCUT2D eigenvalue weighted by Crippen LogP contribution is -2.34. The summed E-state index contributed by atoms with van der Waals surface area (Å²) in [7, 11) is 1.44. The molecule has 1 rings (SSSR count). The van der Waals surface area contributed by atoms with E-state index in [-0.39, 0.29) is 13.3 Å². The second-order valence-electron chi connectivity index (χ2n) is 4.30. The standard InChI is InChI=1S/C7H13NO2.C4H10.H2/c1-10-7(9)6-3-2-4-8-5-6;1-4(2)3;/h6,8H,2-5H2,1H3;4H,1-3H3;1H/t6-;;/m1../s1. The molecular weight excluding hydrogens is 178 g/mol. The summed E-state index contributed by atoms with van der Waals surface area (Å²) in [5.74, 6) is 0.853. The van der Waals surface area contributed by atoms with E-state index in [1.807, 2.05) is 0 Å². The molecule has 3 nitrogen and oxygen atoms in total. The summed E-state index contributed by atoms with van der Waals surface area (Å²) in [5, 5.41) is 3.15. The summed E-state index contributed by atoms with van der Waals surface area (Å²) in [6.45, 7) is 8.32. The molecule has 0 aromatic carbocycles. The second kappa shape index (κ2) is 7.80. The van der Waals surface area contributed by atoms with Crippen molar-refractivity contribution in [3.8, 4) is 0 Å². The van der Waals surface area contributed by atoms with Crippen LogP contribution >= 0.6 is 0 Å². The van der Waals surface area contributed by atoms with Crippen molar-refractivity contribution in [2.45, 2.75) is 33.6 Å². The minimum absolute atomic E-state index is 0. The van der Waals surface area contributed by atoms with Crippen molar-refractivity contribution in [2.75, 3.05) is 20.2 Å². The van der Waals surface area contributed by atoms with E-state index in [9.17, 15) is 4.79 Å². The molecule has 1 atom stereocenters. The molecule has 1 N–H and O–H groups in total. The topological polar surface area (TPSA) is 38.3 Å². The van der Waals surface area contributed by atoms with E-state index >= 15 is 0 Å². The highest BCUT2D eigenvalue weighted by Gasteiger charge is 2.20. The fraction of sp³-hybridized carbons (Fsp3) is 0.909. The lowest BCUT2D eigenvalue weighted by Gasteiger charge is -2.19. The maximum Gasteiger partial charge on any atom is 0.309 e. The minimum Gasteiger partial charge on any atom is -0.469 e. The molecular formula is C11H25NO2. The normalized spacial score (nSPS) is 21.1. The van der Waals surface area contributed by atoms with E-state index in [1.54, 1.807) is 0 Å². The number of ether oxygens (including phenoxy) is 1. The van der Waals surface area contributed by atoms with E-state index in [4.69, 9.17) is 0 Å². The summed E-state index contributed by atoms with van der Waals surface area (Å²) in [6.07, 6.45) is 2.05. The van der Waals surface area contributed by atoms with Crippen LogP contribution in [0.5, 0.6) is 0 Å². The Morgan fingerprint density at radius 2 is 2.07 bits per heavy atom. The van der Waals surface area contributed by atoms with Gasteiger partial charge in [-0.05, 0) is 25.3 Å². The summed E-state index contributed by atoms with van der Waals surface area (Å²) >= 11 is 0. The first kappa shape index (κ1) is 13.4. The van der Waals surface area contributed by atoms with Crippen LogP contribution in [0.3, 0.4) is 0 Å². The molecule has 0 aromatic heterocycles. The SMILES string of the molecule is CC(C)C.COC(=O)[C@@H]1CCCNC1.[HH]. The van der Waals surface area contributed by atoms with Crippen molar-refractivity contribution in [2.24, 2.45) is 11.8 Å². The Balaban J connectivity index is 0. The molecule has 0 aliphatic carbocycles. The third-order valence-electron chi connectivity index (χ3n) is 1.83. The minimum atomic E-state index is -0.0767. The molecule has 1 aliphatic rings. The van der Waals surface area contributed by atoms with E-state index in [0.717, 1.165) is 31.8 Å². The first-order valence-electron chi connectivity index (χ1n) is 5.36. The van der Waals surface area contributed by atoms with Gasteiger partial charge in [-0.1, -0.05) is 20.8 Å². The Bertz CT molecular complexity index is 154. The van der Waals surface area contributed by atoms with Crippen molar-refractivity contribution in [3.63, 3.8) is 0 Å². The Kier molecular flexibility index (Phi) is 7.48. The van der Waals surface area contributed by atoms with E-state index in [0.29, 0.717) is 0 Å². The molecule has 1 aliphatic heterocycles. The van der Waals surface area contributed by atoms with Gasteiger partial charge in [0, 0.05) is 7.97 Å². The maximum absolute atomic E-state index is 10.9. The Morgan fingerprint density at radius 3 is 2.43 bits per heavy atom. The van der Waals surface area contributed by atoms with Gasteiger partial charge in [0.1, 0.15) is 0 Å². The van der Waals surface area contributed by atoms with Crippen LogP contribution in [0.15, 0.2) is 0 Å². The van der Waals surface area contributed by atoms with Crippen LogP contribution in [0.25, 0.3) is 0 Å². The molecule has 14 heavy (non-hydrogen) atoms. The van der Waals surface area contributed by atoms with Gasteiger partial charge >= 0.3 is 5.97 Å². The van der Waals surface area contributed by atoms with Crippen LogP contribution in [0, 0.1) is 11.8 Å². The summed E-state index contributed by atoms with van der Waals surface area (Å²) in [5.41, 5.74) is 0. The third kappa shape index (κ3) is 6.89. The van der Waals surface area contributed by atoms with E-state index in [1.165, 1.54) is 7.11 Å². The lowest BCUT2D eigenvalue weighted by atomic mass is 10.0. The zero-order chi connectivity index (χ0) is 11.0. The molecule has 0 aromatic rings. The van der Waals surface area contributed by atoms with E-state index in [2.05, 4.69) is 30.8 Å². The predicted octanol–water partition coefficient (Wildman–Crippen LogP) is 2.07. The first-order chi connectivity index (χ1) is 6.57. The molecule has 0 unspecified atom stereocenters. The highest BCUT2D eigenvalue weighted by Crippen LogP contribution is 2.10. The Morgan fingerprint density at radius 1 is 1.50 bits per heavy atom. The molecule has 0 amide bonds. The quantitative estimate of drug-likeness (QED) is 0.663. The van der Waals surface area contributed by atoms with Crippen molar-refractivity contribution in [3.05, 3.63) is 0 Å². The largest absolute Gasteiger partial charge is 0.469 e. The molecule has 3 heteroatoms. The highest BCUT2D eigenvalue weighted by molar-refractivity contribution is 5.72. The zero-order valence-electron chi connectivity index (χ0n) is 9.80. The van der Waals surface area contributed by atoms with Gasteiger partial charge in [-0.3, -0.25) is 4.79 Å². The Hall–Kier alpha value is -0.570. The van der Waals surface area contributed by atoms with Crippen molar-refractivity contribution in [1.82, 2.24) is 5.32 Å². The van der Waals surface area contributed by atoms with Gasteiger partial charge in [0.15, 0.2) is 0 Å². The number of esters is 1. The number of hydrogen-bond acceptors (Lipinski definition) is 3. The van der Waals surface area contributed by atoms with Crippen LogP contribution in [0.1, 0.15) is 35.0 Å². The molecule has 1 saturated heterocycles. The smallest absolute Gasteiger partial charge is 0.309 e. The van der Waals surface area contributed by atoms with Crippen molar-refractivity contribution in [1.29, 1.82) is 0 Å². The average molecular weight is 203 g/mol. The number of methoxy groups -OCH3 is 1. The van der Waals surface area contributed by atoms with Gasteiger partial charge in [-0.15, -0.1) is 0 Å². The van der Waals surface area contributed by atoms with Gasteiger partial charge in [0.05, 0.1) is 13.0 Å². The first-order valence-corrected chi connectivity index (χ1v) is 5.36. The van der Waals surface area contributed by atoms with Crippen molar-refractivity contribution >= 4 is 5.97 Å². The molecule has 0 radical (unpaired) electrons. The van der Waals surface area contributed by atoms with Gasteiger partial charge in [-0.2, -0.15) is 0 Å². The van der Waals surface area contributed by atoms with Crippen LogP contribution in [0.4, 0.5) is 0 Å². The maximum atomic E-state index is 10.9.